The maximum Gasteiger partial charge on any atom is 0.138 e. The number of nitrogens with zero attached hydrogens (tertiary/aromatic N) is 3. The average Bonchev–Trinajstić information content (AvgIpc) is 3.14. The van der Waals surface area contributed by atoms with Crippen LogP contribution in [0.1, 0.15) is 71.0 Å². The number of hydrogen-bond acceptors (Lipinski definition) is 3. The van der Waals surface area contributed by atoms with Crippen LogP contribution in [0.2, 0.25) is 0 Å². The van der Waals surface area contributed by atoms with E-state index in [1.54, 1.807) is 6.33 Å². The maximum atomic E-state index is 4.47. The highest BCUT2D eigenvalue weighted by Crippen LogP contribution is 2.29. The third-order valence-corrected chi connectivity index (χ3v) is 4.64. The molecular weight excluding hydrogens is 260 g/mol. The van der Waals surface area contributed by atoms with Gasteiger partial charge in [-0.3, -0.25) is 4.68 Å². The van der Waals surface area contributed by atoms with Gasteiger partial charge in [0, 0.05) is 19.0 Å². The minimum Gasteiger partial charge on any atom is -0.314 e. The van der Waals surface area contributed by atoms with Crippen LogP contribution in [0, 0.1) is 5.92 Å². The normalized spacial score (nSPS) is 17.4. The van der Waals surface area contributed by atoms with Crippen molar-refractivity contribution in [2.24, 2.45) is 5.92 Å². The van der Waals surface area contributed by atoms with Crippen LogP contribution in [0.25, 0.3) is 0 Å². The molecule has 1 N–H and O–H groups in total. The summed E-state index contributed by atoms with van der Waals surface area (Å²) in [5.74, 6) is 2.13. The van der Waals surface area contributed by atoms with Gasteiger partial charge >= 0.3 is 0 Å². The summed E-state index contributed by atoms with van der Waals surface area (Å²) in [5, 5.41) is 8.07. The van der Waals surface area contributed by atoms with Crippen LogP contribution in [0.5, 0.6) is 0 Å². The fraction of sp³-hybridized carbons (Fsp3) is 0.882. The highest BCUT2D eigenvalue weighted by atomic mass is 15.3. The van der Waals surface area contributed by atoms with E-state index in [1.807, 2.05) is 0 Å². The highest BCUT2D eigenvalue weighted by Gasteiger charge is 2.18. The Hall–Kier alpha value is -0.900. The zero-order chi connectivity index (χ0) is 14.9. The van der Waals surface area contributed by atoms with Gasteiger partial charge < -0.3 is 5.32 Å². The largest absolute Gasteiger partial charge is 0.314 e. The molecule has 0 saturated heterocycles. The molecule has 0 amide bonds. The van der Waals surface area contributed by atoms with Crippen LogP contribution in [-0.4, -0.2) is 27.4 Å². The van der Waals surface area contributed by atoms with Gasteiger partial charge in [0.15, 0.2) is 0 Å². The molecule has 0 spiro atoms. The van der Waals surface area contributed by atoms with E-state index >= 15 is 0 Å². The Bertz CT molecular complexity index is 382. The van der Waals surface area contributed by atoms with E-state index in [4.69, 9.17) is 0 Å². The lowest BCUT2D eigenvalue weighted by Gasteiger charge is -2.20. The molecule has 21 heavy (non-hydrogen) atoms. The molecule has 120 valence electrons. The summed E-state index contributed by atoms with van der Waals surface area (Å²) >= 11 is 0. The first-order valence-corrected chi connectivity index (χ1v) is 8.93. The second kappa shape index (κ2) is 9.19. The lowest BCUT2D eigenvalue weighted by molar-refractivity contribution is 0.392. The molecule has 4 heteroatoms. The Kier molecular flexibility index (Phi) is 7.20. The van der Waals surface area contributed by atoms with Crippen molar-refractivity contribution in [3.05, 3.63) is 12.2 Å². The second-order valence-corrected chi connectivity index (χ2v) is 6.48. The molecule has 0 radical (unpaired) electrons. The van der Waals surface area contributed by atoms with Crippen molar-refractivity contribution in [3.63, 3.8) is 0 Å². The van der Waals surface area contributed by atoms with Gasteiger partial charge in [-0.05, 0) is 38.1 Å². The fourth-order valence-corrected chi connectivity index (χ4v) is 3.43. The summed E-state index contributed by atoms with van der Waals surface area (Å²) in [7, 11) is 0. The third kappa shape index (κ3) is 5.42. The zero-order valence-electron chi connectivity index (χ0n) is 13.9. The summed E-state index contributed by atoms with van der Waals surface area (Å²) < 4.78 is 2.08. The molecule has 0 aromatic carbocycles. The van der Waals surface area contributed by atoms with Gasteiger partial charge in [-0.1, -0.05) is 39.5 Å². The first kappa shape index (κ1) is 16.5. The molecule has 1 aromatic rings. The molecule has 1 saturated carbocycles. The molecule has 1 aromatic heterocycles. The van der Waals surface area contributed by atoms with Gasteiger partial charge in [-0.25, -0.2) is 4.98 Å². The zero-order valence-corrected chi connectivity index (χ0v) is 13.9. The standard InChI is InChI=1S/C17H32N4/c1-3-11-18-16(10-9-15-7-5-6-8-15)13-17-19-14-20-21(17)12-4-2/h14-16,18H,3-13H2,1-2H3. The Morgan fingerprint density at radius 1 is 1.29 bits per heavy atom. The molecule has 1 aliphatic carbocycles. The van der Waals surface area contributed by atoms with Gasteiger partial charge in [-0.15, -0.1) is 0 Å². The quantitative estimate of drug-likeness (QED) is 0.717. The summed E-state index contributed by atoms with van der Waals surface area (Å²) in [6, 6.07) is 0.561. The van der Waals surface area contributed by atoms with E-state index < -0.39 is 0 Å². The lowest BCUT2D eigenvalue weighted by atomic mass is 9.97. The molecule has 1 unspecified atom stereocenters. The number of aryl methyl sites for hydroxylation is 1. The van der Waals surface area contributed by atoms with Crippen LogP contribution in [0.3, 0.4) is 0 Å². The van der Waals surface area contributed by atoms with Crippen molar-refractivity contribution in [3.8, 4) is 0 Å². The second-order valence-electron chi connectivity index (χ2n) is 6.48. The van der Waals surface area contributed by atoms with Gasteiger partial charge in [0.25, 0.3) is 0 Å². The lowest BCUT2D eigenvalue weighted by Crippen LogP contribution is -2.33. The van der Waals surface area contributed by atoms with Gasteiger partial charge in [-0.2, -0.15) is 5.10 Å². The Balaban J connectivity index is 1.86. The Morgan fingerprint density at radius 3 is 2.81 bits per heavy atom. The van der Waals surface area contributed by atoms with Crippen molar-refractivity contribution in [2.45, 2.75) is 84.2 Å². The van der Waals surface area contributed by atoms with Crippen molar-refractivity contribution < 1.29 is 0 Å². The van der Waals surface area contributed by atoms with E-state index in [0.717, 1.165) is 37.7 Å². The van der Waals surface area contributed by atoms with Crippen molar-refractivity contribution in [1.82, 2.24) is 20.1 Å². The summed E-state index contributed by atoms with van der Waals surface area (Å²) in [5.41, 5.74) is 0. The average molecular weight is 292 g/mol. The van der Waals surface area contributed by atoms with E-state index in [-0.39, 0.29) is 0 Å². The molecule has 0 bridgehead atoms. The Morgan fingerprint density at radius 2 is 2.10 bits per heavy atom. The molecule has 1 aliphatic rings. The molecule has 2 rings (SSSR count). The first-order chi connectivity index (χ1) is 10.3. The number of hydrogen-bond donors (Lipinski definition) is 1. The summed E-state index contributed by atoms with van der Waals surface area (Å²) in [6.45, 7) is 6.52. The number of rotatable bonds is 10. The van der Waals surface area contributed by atoms with Crippen LogP contribution in [0.15, 0.2) is 6.33 Å². The van der Waals surface area contributed by atoms with E-state index in [1.165, 1.54) is 44.9 Å². The predicted molar refractivity (Wildman–Crippen MR) is 87.3 cm³/mol. The van der Waals surface area contributed by atoms with Crippen molar-refractivity contribution in [1.29, 1.82) is 0 Å². The van der Waals surface area contributed by atoms with Gasteiger partial charge in [0.2, 0.25) is 0 Å². The minimum atomic E-state index is 0.561. The molecule has 1 heterocycles. The number of nitrogens with one attached hydrogen (secondary N) is 1. The fourth-order valence-electron chi connectivity index (χ4n) is 3.43. The van der Waals surface area contributed by atoms with Crippen LogP contribution in [0.4, 0.5) is 0 Å². The summed E-state index contributed by atoms with van der Waals surface area (Å²) in [4.78, 5) is 4.47. The monoisotopic (exact) mass is 292 g/mol. The summed E-state index contributed by atoms with van der Waals surface area (Å²) in [6.07, 6.45) is 13.5. The SMILES string of the molecule is CCCNC(CCC1CCCC1)Cc1ncnn1CCC. The van der Waals surface area contributed by atoms with E-state index in [9.17, 15) is 0 Å². The first-order valence-electron chi connectivity index (χ1n) is 8.93. The van der Waals surface area contributed by atoms with E-state index in [0.29, 0.717) is 6.04 Å². The molecule has 0 aliphatic heterocycles. The predicted octanol–water partition coefficient (Wildman–Crippen LogP) is 3.57. The topological polar surface area (TPSA) is 42.7 Å². The van der Waals surface area contributed by atoms with Crippen LogP contribution in [-0.2, 0) is 13.0 Å². The van der Waals surface area contributed by atoms with E-state index in [2.05, 4.69) is 33.9 Å². The van der Waals surface area contributed by atoms with Crippen LogP contribution < -0.4 is 5.32 Å². The minimum absolute atomic E-state index is 0.561. The number of aromatic nitrogens is 3. The van der Waals surface area contributed by atoms with Crippen molar-refractivity contribution in [2.75, 3.05) is 6.54 Å². The smallest absolute Gasteiger partial charge is 0.138 e. The molecule has 1 atom stereocenters. The maximum absolute atomic E-state index is 4.47. The van der Waals surface area contributed by atoms with Gasteiger partial charge in [0.1, 0.15) is 12.2 Å². The third-order valence-electron chi connectivity index (χ3n) is 4.64. The molecular formula is C17H32N4. The highest BCUT2D eigenvalue weighted by molar-refractivity contribution is 4.90. The van der Waals surface area contributed by atoms with Crippen LogP contribution >= 0.6 is 0 Å². The van der Waals surface area contributed by atoms with Gasteiger partial charge in [0.05, 0.1) is 0 Å². The molecule has 4 nitrogen and oxygen atoms in total. The molecule has 1 fully saturated rings. The Labute approximate surface area is 129 Å². The van der Waals surface area contributed by atoms with Crippen molar-refractivity contribution >= 4 is 0 Å².